The van der Waals surface area contributed by atoms with Gasteiger partial charge in [-0.25, -0.2) is 4.98 Å². The van der Waals surface area contributed by atoms with Gasteiger partial charge in [-0.2, -0.15) is 0 Å². The summed E-state index contributed by atoms with van der Waals surface area (Å²) >= 11 is 1.81. The van der Waals surface area contributed by atoms with Crippen molar-refractivity contribution in [1.29, 1.82) is 0 Å². The van der Waals surface area contributed by atoms with Crippen LogP contribution in [-0.4, -0.2) is 11.5 Å². The van der Waals surface area contributed by atoms with Gasteiger partial charge in [0, 0.05) is 17.5 Å². The fraction of sp³-hybridized carbons (Fsp3) is 0.667. The highest BCUT2D eigenvalue weighted by molar-refractivity contribution is 7.11. The third-order valence-corrected chi connectivity index (χ3v) is 3.09. The maximum Gasteiger partial charge on any atom is 0.0928 e. The lowest BCUT2D eigenvalue weighted by Gasteiger charge is -1.96. The van der Waals surface area contributed by atoms with Crippen LogP contribution in [0.2, 0.25) is 0 Å². The Morgan fingerprint density at radius 2 is 2.33 bits per heavy atom. The van der Waals surface area contributed by atoms with Crippen molar-refractivity contribution in [3.63, 3.8) is 0 Å². The van der Waals surface area contributed by atoms with Crippen molar-refractivity contribution in [2.75, 3.05) is 6.54 Å². The first-order valence-corrected chi connectivity index (χ1v) is 5.20. The van der Waals surface area contributed by atoms with Gasteiger partial charge in [-0.3, -0.25) is 0 Å². The predicted octanol–water partition coefficient (Wildman–Crippen LogP) is 2.16. The van der Waals surface area contributed by atoms with Crippen LogP contribution in [-0.2, 0) is 6.42 Å². The molecule has 0 radical (unpaired) electrons. The molecule has 3 heteroatoms. The van der Waals surface area contributed by atoms with E-state index in [9.17, 15) is 0 Å². The molecule has 12 heavy (non-hydrogen) atoms. The SMILES string of the molecule is CC(C)c1cnc(CCCN)s1. The third kappa shape index (κ3) is 2.57. The van der Waals surface area contributed by atoms with Gasteiger partial charge < -0.3 is 5.73 Å². The van der Waals surface area contributed by atoms with Crippen molar-refractivity contribution in [3.8, 4) is 0 Å². The van der Waals surface area contributed by atoms with Crippen LogP contribution in [0.5, 0.6) is 0 Å². The Hall–Kier alpha value is -0.410. The average Bonchev–Trinajstić information content (AvgIpc) is 2.48. The van der Waals surface area contributed by atoms with E-state index in [0.29, 0.717) is 5.92 Å². The maximum atomic E-state index is 5.42. The first-order valence-electron chi connectivity index (χ1n) is 4.38. The van der Waals surface area contributed by atoms with Crippen LogP contribution < -0.4 is 5.73 Å². The first kappa shape index (κ1) is 9.68. The summed E-state index contributed by atoms with van der Waals surface area (Å²) in [6, 6.07) is 0. The summed E-state index contributed by atoms with van der Waals surface area (Å²) in [6.07, 6.45) is 4.07. The first-order chi connectivity index (χ1) is 5.74. The van der Waals surface area contributed by atoms with Gasteiger partial charge in [0.15, 0.2) is 0 Å². The van der Waals surface area contributed by atoms with Crippen molar-refractivity contribution in [3.05, 3.63) is 16.1 Å². The van der Waals surface area contributed by atoms with Gasteiger partial charge in [-0.1, -0.05) is 13.8 Å². The molecule has 1 heterocycles. The highest BCUT2D eigenvalue weighted by Gasteiger charge is 2.04. The molecule has 1 aromatic heterocycles. The van der Waals surface area contributed by atoms with Gasteiger partial charge in [-0.05, 0) is 18.9 Å². The summed E-state index contributed by atoms with van der Waals surface area (Å²) < 4.78 is 0. The van der Waals surface area contributed by atoms with E-state index in [1.165, 1.54) is 9.88 Å². The second kappa shape index (κ2) is 4.58. The molecule has 0 fully saturated rings. The second-order valence-corrected chi connectivity index (χ2v) is 4.35. The molecule has 0 spiro atoms. The number of rotatable bonds is 4. The highest BCUT2D eigenvalue weighted by atomic mass is 32.1. The quantitative estimate of drug-likeness (QED) is 0.778. The van der Waals surface area contributed by atoms with Gasteiger partial charge in [0.25, 0.3) is 0 Å². The van der Waals surface area contributed by atoms with Gasteiger partial charge in [0.05, 0.1) is 5.01 Å². The van der Waals surface area contributed by atoms with Gasteiger partial charge in [0.2, 0.25) is 0 Å². The Morgan fingerprint density at radius 1 is 1.58 bits per heavy atom. The Bertz CT molecular complexity index is 230. The Labute approximate surface area is 77.8 Å². The minimum Gasteiger partial charge on any atom is -0.330 e. The molecule has 2 nitrogen and oxygen atoms in total. The molecule has 68 valence electrons. The molecule has 0 saturated heterocycles. The Balaban J connectivity index is 2.52. The minimum atomic E-state index is 0.606. The second-order valence-electron chi connectivity index (χ2n) is 3.20. The van der Waals surface area contributed by atoms with E-state index in [2.05, 4.69) is 18.8 Å². The molecular formula is C9H16N2S. The molecular weight excluding hydrogens is 168 g/mol. The lowest BCUT2D eigenvalue weighted by molar-refractivity contribution is 0.825. The molecule has 0 aliphatic rings. The summed E-state index contributed by atoms with van der Waals surface area (Å²) in [5.41, 5.74) is 5.42. The average molecular weight is 184 g/mol. The molecule has 1 aromatic rings. The van der Waals surface area contributed by atoms with Crippen molar-refractivity contribution in [2.45, 2.75) is 32.6 Å². The number of aromatic nitrogens is 1. The van der Waals surface area contributed by atoms with E-state index >= 15 is 0 Å². The fourth-order valence-corrected chi connectivity index (χ4v) is 1.93. The van der Waals surface area contributed by atoms with E-state index in [0.717, 1.165) is 19.4 Å². The van der Waals surface area contributed by atoms with Gasteiger partial charge in [0.1, 0.15) is 0 Å². The van der Waals surface area contributed by atoms with E-state index in [4.69, 9.17) is 5.73 Å². The predicted molar refractivity (Wildman–Crippen MR) is 53.6 cm³/mol. The smallest absolute Gasteiger partial charge is 0.0928 e. The van der Waals surface area contributed by atoms with Crippen LogP contribution in [0, 0.1) is 0 Å². The zero-order valence-corrected chi connectivity index (χ0v) is 8.53. The van der Waals surface area contributed by atoms with Crippen molar-refractivity contribution in [1.82, 2.24) is 4.98 Å². The molecule has 0 aliphatic carbocycles. The normalized spacial score (nSPS) is 11.0. The largest absolute Gasteiger partial charge is 0.330 e. The zero-order valence-electron chi connectivity index (χ0n) is 7.71. The standard InChI is InChI=1S/C9H16N2S/c1-7(2)8-6-11-9(12-8)4-3-5-10/h6-7H,3-5,10H2,1-2H3. The molecule has 0 atom stereocenters. The van der Waals surface area contributed by atoms with Gasteiger partial charge >= 0.3 is 0 Å². The molecule has 0 unspecified atom stereocenters. The van der Waals surface area contributed by atoms with Crippen LogP contribution in [0.3, 0.4) is 0 Å². The lowest BCUT2D eigenvalue weighted by atomic mass is 10.2. The maximum absolute atomic E-state index is 5.42. The van der Waals surface area contributed by atoms with Crippen LogP contribution in [0.4, 0.5) is 0 Å². The van der Waals surface area contributed by atoms with Crippen molar-refractivity contribution >= 4 is 11.3 Å². The van der Waals surface area contributed by atoms with Crippen LogP contribution in [0.1, 0.15) is 36.1 Å². The van der Waals surface area contributed by atoms with Crippen molar-refractivity contribution in [2.24, 2.45) is 5.73 Å². The summed E-state index contributed by atoms with van der Waals surface area (Å²) in [5, 5.41) is 1.23. The number of nitrogens with two attached hydrogens (primary N) is 1. The zero-order chi connectivity index (χ0) is 8.97. The molecule has 1 rings (SSSR count). The number of hydrogen-bond acceptors (Lipinski definition) is 3. The molecule has 0 amide bonds. The molecule has 0 saturated carbocycles. The fourth-order valence-electron chi connectivity index (χ4n) is 0.960. The molecule has 0 aromatic carbocycles. The molecule has 0 bridgehead atoms. The van der Waals surface area contributed by atoms with Crippen molar-refractivity contribution < 1.29 is 0 Å². The van der Waals surface area contributed by atoms with E-state index < -0.39 is 0 Å². The summed E-state index contributed by atoms with van der Waals surface area (Å²) in [4.78, 5) is 5.71. The monoisotopic (exact) mass is 184 g/mol. The van der Waals surface area contributed by atoms with Crippen LogP contribution in [0.15, 0.2) is 6.20 Å². The van der Waals surface area contributed by atoms with E-state index in [1.54, 1.807) is 0 Å². The lowest BCUT2D eigenvalue weighted by Crippen LogP contribution is -1.99. The Kier molecular flexibility index (Phi) is 3.69. The molecule has 2 N–H and O–H groups in total. The summed E-state index contributed by atoms with van der Waals surface area (Å²) in [6.45, 7) is 5.15. The summed E-state index contributed by atoms with van der Waals surface area (Å²) in [7, 11) is 0. The number of hydrogen-bond donors (Lipinski definition) is 1. The van der Waals surface area contributed by atoms with Crippen LogP contribution in [0.25, 0.3) is 0 Å². The third-order valence-electron chi connectivity index (χ3n) is 1.74. The number of aryl methyl sites for hydroxylation is 1. The minimum absolute atomic E-state index is 0.606. The topological polar surface area (TPSA) is 38.9 Å². The van der Waals surface area contributed by atoms with Crippen LogP contribution >= 0.6 is 11.3 Å². The number of nitrogens with zero attached hydrogens (tertiary/aromatic N) is 1. The summed E-state index contributed by atoms with van der Waals surface area (Å²) in [5.74, 6) is 0.606. The highest BCUT2D eigenvalue weighted by Crippen LogP contribution is 2.22. The van der Waals surface area contributed by atoms with E-state index in [1.807, 2.05) is 17.5 Å². The van der Waals surface area contributed by atoms with Gasteiger partial charge in [-0.15, -0.1) is 11.3 Å². The number of thiazole rings is 1. The Morgan fingerprint density at radius 3 is 2.83 bits per heavy atom. The molecule has 0 aliphatic heterocycles. The van der Waals surface area contributed by atoms with E-state index in [-0.39, 0.29) is 0 Å².